The minimum absolute atomic E-state index is 0.00732. The lowest BCUT2D eigenvalue weighted by molar-refractivity contribution is -0.119. The summed E-state index contributed by atoms with van der Waals surface area (Å²) in [5.74, 6) is 2.06. The SMILES string of the molecule is O=C(Nc1[nH]ncc1-c1ccc2c(c1)OCO2)C1CCNC1. The number of aromatic nitrogens is 2. The second-order valence-corrected chi connectivity index (χ2v) is 5.41. The number of benzene rings is 1. The van der Waals surface area contributed by atoms with E-state index in [9.17, 15) is 4.79 Å². The molecule has 1 saturated heterocycles. The molecule has 22 heavy (non-hydrogen) atoms. The Morgan fingerprint density at radius 1 is 1.32 bits per heavy atom. The molecule has 1 aromatic heterocycles. The molecule has 2 aromatic rings. The Labute approximate surface area is 127 Å². The van der Waals surface area contributed by atoms with E-state index in [4.69, 9.17) is 9.47 Å². The van der Waals surface area contributed by atoms with Crippen LogP contribution in [0.25, 0.3) is 11.1 Å². The lowest BCUT2D eigenvalue weighted by atomic mass is 10.1. The first-order chi connectivity index (χ1) is 10.8. The van der Waals surface area contributed by atoms with E-state index in [1.807, 2.05) is 18.2 Å². The van der Waals surface area contributed by atoms with E-state index >= 15 is 0 Å². The fourth-order valence-corrected chi connectivity index (χ4v) is 2.77. The lowest BCUT2D eigenvalue weighted by Gasteiger charge is -2.10. The van der Waals surface area contributed by atoms with E-state index in [1.54, 1.807) is 6.20 Å². The first kappa shape index (κ1) is 13.1. The molecule has 0 aliphatic carbocycles. The largest absolute Gasteiger partial charge is 0.454 e. The normalized spacial score (nSPS) is 19.4. The maximum Gasteiger partial charge on any atom is 0.231 e. The van der Waals surface area contributed by atoms with Gasteiger partial charge in [-0.25, -0.2) is 0 Å². The molecule has 1 unspecified atom stereocenters. The van der Waals surface area contributed by atoms with E-state index in [1.165, 1.54) is 0 Å². The van der Waals surface area contributed by atoms with Crippen molar-refractivity contribution < 1.29 is 14.3 Å². The van der Waals surface area contributed by atoms with Crippen LogP contribution in [0.1, 0.15) is 6.42 Å². The summed E-state index contributed by atoms with van der Waals surface area (Å²) in [7, 11) is 0. The number of hydrogen-bond donors (Lipinski definition) is 3. The molecule has 1 aromatic carbocycles. The highest BCUT2D eigenvalue weighted by molar-refractivity contribution is 5.95. The molecule has 4 rings (SSSR count). The van der Waals surface area contributed by atoms with E-state index in [-0.39, 0.29) is 18.6 Å². The Morgan fingerprint density at radius 2 is 2.23 bits per heavy atom. The van der Waals surface area contributed by atoms with Crippen molar-refractivity contribution in [3.05, 3.63) is 24.4 Å². The molecule has 0 radical (unpaired) electrons. The zero-order valence-electron chi connectivity index (χ0n) is 11.9. The molecule has 1 amide bonds. The Kier molecular flexibility index (Phi) is 3.19. The van der Waals surface area contributed by atoms with Crippen LogP contribution in [0, 0.1) is 5.92 Å². The highest BCUT2D eigenvalue weighted by atomic mass is 16.7. The summed E-state index contributed by atoms with van der Waals surface area (Å²) in [4.78, 5) is 12.2. The van der Waals surface area contributed by atoms with Gasteiger partial charge in [0.15, 0.2) is 11.5 Å². The van der Waals surface area contributed by atoms with E-state index in [0.717, 1.165) is 36.4 Å². The topological polar surface area (TPSA) is 88.3 Å². The number of fused-ring (bicyclic) bond motifs is 1. The molecule has 7 nitrogen and oxygen atoms in total. The van der Waals surface area contributed by atoms with Gasteiger partial charge in [-0.1, -0.05) is 6.07 Å². The molecular formula is C15H16N4O3. The second kappa shape index (κ2) is 5.34. The average Bonchev–Trinajstić information content (AvgIpc) is 3.27. The molecule has 1 atom stereocenters. The second-order valence-electron chi connectivity index (χ2n) is 5.41. The Balaban J connectivity index is 1.58. The van der Waals surface area contributed by atoms with Crippen molar-refractivity contribution in [2.75, 3.05) is 25.2 Å². The first-order valence-electron chi connectivity index (χ1n) is 7.26. The molecule has 0 spiro atoms. The molecule has 1 fully saturated rings. The van der Waals surface area contributed by atoms with Crippen molar-refractivity contribution in [3.63, 3.8) is 0 Å². The predicted molar refractivity (Wildman–Crippen MR) is 79.8 cm³/mol. The number of nitrogens with one attached hydrogen (secondary N) is 3. The monoisotopic (exact) mass is 300 g/mol. The van der Waals surface area contributed by atoms with Crippen molar-refractivity contribution in [2.45, 2.75) is 6.42 Å². The summed E-state index contributed by atoms with van der Waals surface area (Å²) in [5.41, 5.74) is 1.75. The molecular weight excluding hydrogens is 284 g/mol. The molecule has 2 aliphatic rings. The zero-order chi connectivity index (χ0) is 14.9. The Bertz CT molecular complexity index is 707. The van der Waals surface area contributed by atoms with Gasteiger partial charge in [-0.3, -0.25) is 9.89 Å². The minimum atomic E-state index is 0.00732. The van der Waals surface area contributed by atoms with Crippen LogP contribution < -0.4 is 20.1 Å². The number of amides is 1. The van der Waals surface area contributed by atoms with Gasteiger partial charge < -0.3 is 20.1 Å². The number of nitrogens with zero attached hydrogens (tertiary/aromatic N) is 1. The van der Waals surface area contributed by atoms with Crippen molar-refractivity contribution in [3.8, 4) is 22.6 Å². The van der Waals surface area contributed by atoms with Crippen LogP contribution in [0.15, 0.2) is 24.4 Å². The highest BCUT2D eigenvalue weighted by Gasteiger charge is 2.24. The molecule has 7 heteroatoms. The number of carbonyl (C=O) groups is 1. The summed E-state index contributed by atoms with van der Waals surface area (Å²) < 4.78 is 10.7. The van der Waals surface area contributed by atoms with Crippen LogP contribution in [0.5, 0.6) is 11.5 Å². The van der Waals surface area contributed by atoms with Crippen molar-refractivity contribution in [1.82, 2.24) is 15.5 Å². The van der Waals surface area contributed by atoms with Gasteiger partial charge in [0.2, 0.25) is 12.7 Å². The number of H-pyrrole nitrogens is 1. The third-order valence-corrected chi connectivity index (χ3v) is 4.00. The number of anilines is 1. The summed E-state index contributed by atoms with van der Waals surface area (Å²) in [6, 6.07) is 5.67. The van der Waals surface area contributed by atoms with Gasteiger partial charge in [0.1, 0.15) is 5.82 Å². The van der Waals surface area contributed by atoms with Crippen LogP contribution in [0.3, 0.4) is 0 Å². The predicted octanol–water partition coefficient (Wildman–Crippen LogP) is 1.35. The zero-order valence-corrected chi connectivity index (χ0v) is 11.9. The smallest absolute Gasteiger partial charge is 0.231 e. The van der Waals surface area contributed by atoms with Gasteiger partial charge in [0, 0.05) is 12.1 Å². The molecule has 0 saturated carbocycles. The van der Waals surface area contributed by atoms with Crippen LogP contribution in [-0.2, 0) is 4.79 Å². The number of hydrogen-bond acceptors (Lipinski definition) is 5. The molecule has 2 aliphatic heterocycles. The van der Waals surface area contributed by atoms with Crippen molar-refractivity contribution >= 4 is 11.7 Å². The van der Waals surface area contributed by atoms with Gasteiger partial charge in [-0.15, -0.1) is 0 Å². The lowest BCUT2D eigenvalue weighted by Crippen LogP contribution is -2.25. The maximum atomic E-state index is 12.2. The number of ether oxygens (including phenoxy) is 2. The van der Waals surface area contributed by atoms with Crippen LogP contribution in [0.2, 0.25) is 0 Å². The Hall–Kier alpha value is -2.54. The van der Waals surface area contributed by atoms with Crippen LogP contribution in [0.4, 0.5) is 5.82 Å². The number of rotatable bonds is 3. The number of carbonyl (C=O) groups excluding carboxylic acids is 1. The van der Waals surface area contributed by atoms with E-state index < -0.39 is 0 Å². The highest BCUT2D eigenvalue weighted by Crippen LogP contribution is 2.37. The average molecular weight is 300 g/mol. The third-order valence-electron chi connectivity index (χ3n) is 4.00. The Morgan fingerprint density at radius 3 is 3.09 bits per heavy atom. The van der Waals surface area contributed by atoms with Crippen LogP contribution in [-0.4, -0.2) is 36.0 Å². The molecule has 3 N–H and O–H groups in total. The molecule has 0 bridgehead atoms. The molecule has 114 valence electrons. The van der Waals surface area contributed by atoms with E-state index in [0.29, 0.717) is 11.6 Å². The van der Waals surface area contributed by atoms with Gasteiger partial charge in [-0.2, -0.15) is 5.10 Å². The summed E-state index contributed by atoms with van der Waals surface area (Å²) in [6.45, 7) is 1.85. The van der Waals surface area contributed by atoms with Crippen molar-refractivity contribution in [1.29, 1.82) is 0 Å². The summed E-state index contributed by atoms with van der Waals surface area (Å²) >= 11 is 0. The van der Waals surface area contributed by atoms with Gasteiger partial charge >= 0.3 is 0 Å². The molecule has 3 heterocycles. The van der Waals surface area contributed by atoms with E-state index in [2.05, 4.69) is 20.8 Å². The summed E-state index contributed by atoms with van der Waals surface area (Å²) in [5, 5.41) is 13.0. The minimum Gasteiger partial charge on any atom is -0.454 e. The standard InChI is InChI=1S/C15H16N4O3/c20-15(10-3-4-16-6-10)18-14-11(7-17-19-14)9-1-2-12-13(5-9)22-8-21-12/h1-2,5,7,10,16H,3-4,6,8H2,(H2,17,18,19,20). The van der Waals surface area contributed by atoms with Gasteiger partial charge in [0.05, 0.1) is 12.1 Å². The quantitative estimate of drug-likeness (QED) is 0.796. The number of aromatic amines is 1. The van der Waals surface area contributed by atoms with Crippen molar-refractivity contribution in [2.24, 2.45) is 5.92 Å². The van der Waals surface area contributed by atoms with Gasteiger partial charge in [0.25, 0.3) is 0 Å². The fraction of sp³-hybridized carbons (Fsp3) is 0.333. The fourth-order valence-electron chi connectivity index (χ4n) is 2.77. The third kappa shape index (κ3) is 2.29. The first-order valence-corrected chi connectivity index (χ1v) is 7.26. The van der Waals surface area contributed by atoms with Gasteiger partial charge in [-0.05, 0) is 30.7 Å². The maximum absolute atomic E-state index is 12.2. The summed E-state index contributed by atoms with van der Waals surface area (Å²) in [6.07, 6.45) is 2.55. The van der Waals surface area contributed by atoms with Crippen LogP contribution >= 0.6 is 0 Å².